The standard InChI is InChI=1S/C28H31N3O3.2ClH/c1-20-17-23(13-14-26(20)34-18-22-9-4-3-5-10-22)27(32)21(2)29-15-8-16-31-19-30-25-12-7-6-11-24(25)28(31)33;;/h3-7,9-14,17,19,21,27,29,32H,8,15-16,18H2,1-2H3;2*1H. The molecule has 4 rings (SSSR count). The van der Waals surface area contributed by atoms with Crippen LogP contribution >= 0.6 is 0 Å². The Labute approximate surface area is 224 Å². The Morgan fingerprint density at radius 3 is 2.50 bits per heavy atom. The minimum atomic E-state index is -0.585. The number of aromatic nitrogens is 2. The average Bonchev–Trinajstić information content (AvgIpc) is 2.87. The second-order valence-electron chi connectivity index (χ2n) is 8.80. The van der Waals surface area contributed by atoms with Gasteiger partial charge in [0.25, 0.3) is 0 Å². The first-order valence-corrected chi connectivity index (χ1v) is 11.8. The molecule has 0 fully saturated rings. The molecule has 0 aliphatic carbocycles. The summed E-state index contributed by atoms with van der Waals surface area (Å²) in [6, 6.07) is 23.5. The van der Waals surface area contributed by atoms with Crippen LogP contribution in [0.4, 0.5) is 0 Å². The van der Waals surface area contributed by atoms with E-state index < -0.39 is 6.10 Å². The van der Waals surface area contributed by atoms with Gasteiger partial charge in [-0.05, 0) is 54.8 Å². The van der Waals surface area contributed by atoms with Gasteiger partial charge in [0.05, 0.1) is 13.1 Å². The molecule has 4 aromatic rings. The van der Waals surface area contributed by atoms with Crippen molar-refractivity contribution in [2.75, 3.05) is 6.54 Å². The van der Waals surface area contributed by atoms with Crippen LogP contribution in [0.3, 0.4) is 0 Å². The number of para-hydroxylation sites is 1. The number of ether oxygens (including phenoxy) is 1. The minimum absolute atomic E-state index is 0. The lowest BCUT2D eigenvalue weighted by Gasteiger charge is -2.19. The Balaban J connectivity index is 0.00000228. The maximum atomic E-state index is 12.6. The summed E-state index contributed by atoms with van der Waals surface area (Å²) in [5.41, 5.74) is 3.88. The normalized spacial score (nSPS) is 12.3. The number of aromatic amines is 1. The highest BCUT2D eigenvalue weighted by Gasteiger charge is 2.20. The molecule has 36 heavy (non-hydrogen) atoms. The third-order valence-corrected chi connectivity index (χ3v) is 6.21. The smallest absolute Gasteiger partial charge is 0.345 e. The van der Waals surface area contributed by atoms with Crippen molar-refractivity contribution in [1.29, 1.82) is 0 Å². The van der Waals surface area contributed by atoms with E-state index in [1.54, 1.807) is 10.9 Å². The van der Waals surface area contributed by atoms with Crippen LogP contribution in [0.25, 0.3) is 10.9 Å². The highest BCUT2D eigenvalue weighted by molar-refractivity contribution is 5.73. The molecule has 6 nitrogen and oxygen atoms in total. The second kappa shape index (κ2) is 14.0. The van der Waals surface area contributed by atoms with E-state index in [9.17, 15) is 9.90 Å². The number of benzene rings is 3. The van der Waals surface area contributed by atoms with Crippen molar-refractivity contribution in [2.45, 2.75) is 45.6 Å². The van der Waals surface area contributed by atoms with Crippen molar-refractivity contribution in [3.63, 3.8) is 0 Å². The summed E-state index contributed by atoms with van der Waals surface area (Å²) in [6.45, 7) is 5.99. The fourth-order valence-corrected chi connectivity index (χ4v) is 4.15. The summed E-state index contributed by atoms with van der Waals surface area (Å²) in [5.74, 6) is 0.828. The number of aryl methyl sites for hydroxylation is 2. The van der Waals surface area contributed by atoms with Crippen molar-refractivity contribution < 1.29 is 45.0 Å². The van der Waals surface area contributed by atoms with Crippen LogP contribution in [0.15, 0.2) is 83.9 Å². The van der Waals surface area contributed by atoms with Crippen LogP contribution in [-0.2, 0) is 13.2 Å². The number of nitrogens with two attached hydrogens (primary N) is 1. The van der Waals surface area contributed by atoms with Gasteiger partial charge in [0.2, 0.25) is 6.33 Å². The molecule has 0 aliphatic rings. The Morgan fingerprint density at radius 2 is 1.75 bits per heavy atom. The van der Waals surface area contributed by atoms with Crippen LogP contribution in [0, 0.1) is 6.92 Å². The molecular formula is C28H33Cl2N3O3. The van der Waals surface area contributed by atoms with Gasteiger partial charge in [-0.3, -0.25) is 0 Å². The fraction of sp³-hybridized carbons (Fsp3) is 0.286. The predicted molar refractivity (Wildman–Crippen MR) is 133 cm³/mol. The van der Waals surface area contributed by atoms with Crippen LogP contribution in [-0.4, -0.2) is 22.3 Å². The van der Waals surface area contributed by atoms with Gasteiger partial charge in [0.15, 0.2) is 0 Å². The van der Waals surface area contributed by atoms with E-state index in [1.807, 2.05) is 86.6 Å². The highest BCUT2D eigenvalue weighted by atomic mass is 35.5. The van der Waals surface area contributed by atoms with Crippen LogP contribution in [0.1, 0.15) is 36.1 Å². The van der Waals surface area contributed by atoms with E-state index in [2.05, 4.69) is 10.3 Å². The van der Waals surface area contributed by atoms with E-state index in [1.165, 1.54) is 0 Å². The lowest BCUT2D eigenvalue weighted by molar-refractivity contribution is -0.694. The SMILES string of the molecule is Cc1cc(C(O)C(C)[NH2+]CCCn2c[nH+]c3ccccc3c2=O)ccc1OCc1ccccc1.[Cl-].[Cl-]. The number of halogens is 2. The first-order valence-electron chi connectivity index (χ1n) is 11.8. The molecule has 1 heterocycles. The number of quaternary nitrogens is 1. The molecule has 0 aliphatic heterocycles. The van der Waals surface area contributed by atoms with E-state index in [0.29, 0.717) is 18.5 Å². The molecule has 0 spiro atoms. The minimum Gasteiger partial charge on any atom is -1.00 e. The number of rotatable bonds is 10. The van der Waals surface area contributed by atoms with Gasteiger partial charge in [0, 0.05) is 6.42 Å². The van der Waals surface area contributed by atoms with Crippen LogP contribution in [0.2, 0.25) is 0 Å². The van der Waals surface area contributed by atoms with E-state index in [4.69, 9.17) is 4.74 Å². The third-order valence-electron chi connectivity index (χ3n) is 6.21. The topological polar surface area (TPSA) is 82.2 Å². The number of hydrogen-bond acceptors (Lipinski definition) is 3. The molecule has 8 heteroatoms. The number of nitrogens with zero attached hydrogens (tertiary/aromatic N) is 1. The molecule has 2 unspecified atom stereocenters. The molecular weight excluding hydrogens is 497 g/mol. The van der Waals surface area contributed by atoms with Gasteiger partial charge in [-0.15, -0.1) is 0 Å². The van der Waals surface area contributed by atoms with Gasteiger partial charge in [-0.25, -0.2) is 9.78 Å². The summed E-state index contributed by atoms with van der Waals surface area (Å²) in [6.07, 6.45) is 1.99. The highest BCUT2D eigenvalue weighted by Crippen LogP contribution is 2.24. The van der Waals surface area contributed by atoms with Gasteiger partial charge >= 0.3 is 5.56 Å². The zero-order valence-corrected chi connectivity index (χ0v) is 22.0. The number of aliphatic hydroxyl groups is 1. The molecule has 2 atom stereocenters. The molecule has 1 aromatic heterocycles. The van der Waals surface area contributed by atoms with Crippen molar-refractivity contribution in [2.24, 2.45) is 0 Å². The first kappa shape index (κ1) is 29.3. The lowest BCUT2D eigenvalue weighted by Crippen LogP contribution is -3.00. The molecule has 0 radical (unpaired) electrons. The van der Waals surface area contributed by atoms with Crippen molar-refractivity contribution in [3.8, 4) is 5.75 Å². The third kappa shape index (κ3) is 7.31. The van der Waals surface area contributed by atoms with E-state index >= 15 is 0 Å². The second-order valence-corrected chi connectivity index (χ2v) is 8.80. The summed E-state index contributed by atoms with van der Waals surface area (Å²) in [7, 11) is 0. The van der Waals surface area contributed by atoms with Crippen molar-refractivity contribution in [1.82, 2.24) is 4.57 Å². The first-order chi connectivity index (χ1) is 16.5. The maximum Gasteiger partial charge on any atom is 0.345 e. The molecule has 3 aromatic carbocycles. The summed E-state index contributed by atoms with van der Waals surface area (Å²) in [4.78, 5) is 15.8. The van der Waals surface area contributed by atoms with Gasteiger partial charge in [0.1, 0.15) is 35.4 Å². The quantitative estimate of drug-likeness (QED) is 0.212. The van der Waals surface area contributed by atoms with E-state index in [0.717, 1.165) is 40.9 Å². The Hall–Kier alpha value is -2.90. The Bertz CT molecular complexity index is 1300. The zero-order chi connectivity index (χ0) is 23.9. The monoisotopic (exact) mass is 529 g/mol. The number of hydrogen-bond donors (Lipinski definition) is 2. The Morgan fingerprint density at radius 1 is 1.03 bits per heavy atom. The summed E-state index contributed by atoms with van der Waals surface area (Å²) in [5, 5.41) is 13.7. The van der Waals surface area contributed by atoms with Crippen LogP contribution in [0.5, 0.6) is 5.75 Å². The number of fused-ring (bicyclic) bond motifs is 1. The lowest BCUT2D eigenvalue weighted by atomic mass is 10.0. The molecule has 0 amide bonds. The summed E-state index contributed by atoms with van der Waals surface area (Å²) < 4.78 is 7.67. The van der Waals surface area contributed by atoms with Gasteiger partial charge < -0.3 is 40.0 Å². The Kier molecular flexibility index (Phi) is 11.4. The molecule has 0 saturated heterocycles. The number of nitrogens with one attached hydrogen (secondary N) is 1. The molecule has 4 N–H and O–H groups in total. The van der Waals surface area contributed by atoms with Crippen molar-refractivity contribution in [3.05, 3.63) is 106 Å². The molecule has 0 saturated carbocycles. The predicted octanol–water partition coefficient (Wildman–Crippen LogP) is -3.21. The number of H-pyrrole nitrogens is 1. The fourth-order valence-electron chi connectivity index (χ4n) is 4.15. The summed E-state index contributed by atoms with van der Waals surface area (Å²) >= 11 is 0. The molecule has 192 valence electrons. The maximum absolute atomic E-state index is 12.6. The average molecular weight is 530 g/mol. The van der Waals surface area contributed by atoms with Gasteiger partial charge in [-0.1, -0.05) is 48.5 Å². The van der Waals surface area contributed by atoms with Gasteiger partial charge in [-0.2, -0.15) is 4.57 Å². The zero-order valence-electron chi connectivity index (χ0n) is 20.5. The van der Waals surface area contributed by atoms with Crippen LogP contribution < -0.4 is 45.4 Å². The molecule has 0 bridgehead atoms. The largest absolute Gasteiger partial charge is 1.00 e. The van der Waals surface area contributed by atoms with Crippen molar-refractivity contribution >= 4 is 10.9 Å². The van der Waals surface area contributed by atoms with E-state index in [-0.39, 0.29) is 36.4 Å². The number of aliphatic hydroxyl groups excluding tert-OH is 1.